The minimum absolute atomic E-state index is 0.467. The Hall–Kier alpha value is -12.7. The molecule has 18 rings (SSSR count). The van der Waals surface area contributed by atoms with Crippen LogP contribution in [0.4, 0.5) is 0 Å². The molecule has 18 aromatic rings. The van der Waals surface area contributed by atoms with Gasteiger partial charge in [-0.2, -0.15) is 10.5 Å². The summed E-state index contributed by atoms with van der Waals surface area (Å²) in [7, 11) is 0. The van der Waals surface area contributed by atoms with Crippen LogP contribution in [0.1, 0.15) is 11.1 Å². The van der Waals surface area contributed by atoms with E-state index < -0.39 is 0 Å². The maximum absolute atomic E-state index is 12.3. The van der Waals surface area contributed by atoms with Crippen molar-refractivity contribution in [3.8, 4) is 90.5 Å². The van der Waals surface area contributed by atoms with Gasteiger partial charge in [-0.15, -0.1) is 0 Å². The molecule has 6 nitrogen and oxygen atoms in total. The molecule has 4 heterocycles. The van der Waals surface area contributed by atoms with E-state index in [1.165, 1.54) is 0 Å². The molecular formula is C86H52N6. The summed E-state index contributed by atoms with van der Waals surface area (Å²) in [6.07, 6.45) is 0. The standard InChI is InChI=1S/C86H52N6/c87-53-63-45-65(89-77-33-17-13-29-67(77)71-47-59(37-41-81(71)89)55-21-5-1-6-22-55)51-75(85(63)91-79-35-19-15-31-69(79)73-49-61(39-43-83(73)91)57-25-9-3-10-26-57)76-52-66(90-78-34-18-14-30-68(78)72-48-60(38-42-82(72)90)56-23-7-2-8-24-56)46-64(54-88)86(76)92-80-36-20-16-32-70(80)74-50-62(40-44-84(74)92)58-27-11-4-12-28-58/h1-52H. The van der Waals surface area contributed by atoms with Gasteiger partial charge in [0.05, 0.1) is 66.6 Å². The van der Waals surface area contributed by atoms with Crippen molar-refractivity contribution >= 4 is 87.2 Å². The van der Waals surface area contributed by atoms with Crippen LogP contribution in [0, 0.1) is 22.7 Å². The molecule has 0 aliphatic rings. The third-order valence-corrected chi connectivity index (χ3v) is 18.8. The molecule has 92 heavy (non-hydrogen) atoms. The average molecular weight is 1170 g/mol. The molecule has 0 spiro atoms. The van der Waals surface area contributed by atoms with Crippen LogP contribution in [-0.2, 0) is 0 Å². The molecule has 0 unspecified atom stereocenters. The Morgan fingerprint density at radius 3 is 0.717 bits per heavy atom. The summed E-state index contributed by atoms with van der Waals surface area (Å²) in [5.41, 5.74) is 22.2. The summed E-state index contributed by atoms with van der Waals surface area (Å²) in [5.74, 6) is 0. The van der Waals surface area contributed by atoms with Gasteiger partial charge in [0, 0.05) is 65.6 Å². The monoisotopic (exact) mass is 1170 g/mol. The highest BCUT2D eigenvalue weighted by Gasteiger charge is 2.29. The number of nitriles is 2. The van der Waals surface area contributed by atoms with Crippen molar-refractivity contribution in [2.45, 2.75) is 0 Å². The van der Waals surface area contributed by atoms with E-state index in [0.717, 1.165) is 154 Å². The van der Waals surface area contributed by atoms with E-state index in [9.17, 15) is 10.5 Å². The highest BCUT2D eigenvalue weighted by Crippen LogP contribution is 2.48. The summed E-state index contributed by atoms with van der Waals surface area (Å²) in [5, 5.41) is 33.2. The first-order valence-electron chi connectivity index (χ1n) is 31.1. The zero-order valence-corrected chi connectivity index (χ0v) is 49.7. The van der Waals surface area contributed by atoms with Gasteiger partial charge in [-0.1, -0.05) is 218 Å². The summed E-state index contributed by atoms with van der Waals surface area (Å²) in [6.45, 7) is 0. The smallest absolute Gasteiger partial charge is 0.101 e. The first-order chi connectivity index (χ1) is 45.6. The fourth-order valence-corrected chi connectivity index (χ4v) is 14.7. The van der Waals surface area contributed by atoms with E-state index in [1.807, 2.05) is 0 Å². The van der Waals surface area contributed by atoms with Crippen molar-refractivity contribution in [1.82, 2.24) is 18.3 Å². The average Bonchev–Trinajstić information content (AvgIpc) is 1.62. The summed E-state index contributed by atoms with van der Waals surface area (Å²) in [4.78, 5) is 0. The van der Waals surface area contributed by atoms with Gasteiger partial charge in [0.15, 0.2) is 0 Å². The van der Waals surface area contributed by atoms with Crippen LogP contribution in [0.5, 0.6) is 0 Å². The number of benzene rings is 14. The van der Waals surface area contributed by atoms with Gasteiger partial charge in [-0.25, -0.2) is 0 Å². The van der Waals surface area contributed by atoms with E-state index in [0.29, 0.717) is 22.5 Å². The zero-order valence-electron chi connectivity index (χ0n) is 49.7. The molecule has 4 aromatic heterocycles. The Labute approximate surface area is 530 Å². The Morgan fingerprint density at radius 1 is 0.196 bits per heavy atom. The van der Waals surface area contributed by atoms with Crippen LogP contribution >= 0.6 is 0 Å². The summed E-state index contributed by atoms with van der Waals surface area (Å²) >= 11 is 0. The number of aromatic nitrogens is 4. The molecule has 14 aromatic carbocycles. The van der Waals surface area contributed by atoms with E-state index in [4.69, 9.17) is 0 Å². The molecule has 0 radical (unpaired) electrons. The van der Waals surface area contributed by atoms with Crippen LogP contribution in [0.15, 0.2) is 315 Å². The molecule has 0 fully saturated rings. The fraction of sp³-hybridized carbons (Fsp3) is 0. The van der Waals surface area contributed by atoms with Crippen molar-refractivity contribution in [2.75, 3.05) is 0 Å². The lowest BCUT2D eigenvalue weighted by molar-refractivity contribution is 1.12. The lowest BCUT2D eigenvalue weighted by Crippen LogP contribution is -2.08. The Balaban J connectivity index is 1.01. The molecule has 426 valence electrons. The Bertz CT molecular complexity index is 5750. The van der Waals surface area contributed by atoms with E-state index in [1.54, 1.807) is 0 Å². The maximum atomic E-state index is 12.3. The van der Waals surface area contributed by atoms with Crippen LogP contribution < -0.4 is 0 Å². The molecule has 0 aliphatic carbocycles. The Morgan fingerprint density at radius 2 is 0.435 bits per heavy atom. The summed E-state index contributed by atoms with van der Waals surface area (Å²) < 4.78 is 9.26. The van der Waals surface area contributed by atoms with Crippen molar-refractivity contribution < 1.29 is 0 Å². The predicted octanol–water partition coefficient (Wildman–Crippen LogP) is 22.2. The second-order valence-electron chi connectivity index (χ2n) is 23.8. The zero-order chi connectivity index (χ0) is 61.0. The van der Waals surface area contributed by atoms with Gasteiger partial charge < -0.3 is 18.3 Å². The first-order valence-corrected chi connectivity index (χ1v) is 31.1. The Kier molecular flexibility index (Phi) is 11.9. The number of para-hydroxylation sites is 4. The van der Waals surface area contributed by atoms with E-state index >= 15 is 0 Å². The van der Waals surface area contributed by atoms with Gasteiger partial charge >= 0.3 is 0 Å². The van der Waals surface area contributed by atoms with Crippen molar-refractivity contribution in [2.24, 2.45) is 0 Å². The normalized spacial score (nSPS) is 11.7. The third kappa shape index (κ3) is 8.12. The fourth-order valence-electron chi connectivity index (χ4n) is 14.7. The van der Waals surface area contributed by atoms with Crippen LogP contribution in [0.3, 0.4) is 0 Å². The van der Waals surface area contributed by atoms with Gasteiger partial charge in [0.25, 0.3) is 0 Å². The molecule has 0 saturated heterocycles. The van der Waals surface area contributed by atoms with Gasteiger partial charge in [0.1, 0.15) is 12.1 Å². The van der Waals surface area contributed by atoms with Crippen molar-refractivity contribution in [3.05, 3.63) is 327 Å². The molecule has 0 bridgehead atoms. The molecule has 0 amide bonds. The number of fused-ring (bicyclic) bond motifs is 12. The minimum Gasteiger partial charge on any atom is -0.309 e. The molecule has 0 saturated carbocycles. The number of hydrogen-bond acceptors (Lipinski definition) is 2. The molecular weight excluding hydrogens is 1120 g/mol. The SMILES string of the molecule is N#Cc1cc(-n2c3ccccc3c3cc(-c4ccccc4)ccc32)cc(-c2cc(-n3c4ccccc4c4cc(-c5ccccc5)ccc43)cc(C#N)c2-n2c3ccccc3c3cc(-c4ccccc4)ccc32)c1-n1c2ccccc2c2cc(-c3ccccc3)ccc21. The van der Waals surface area contributed by atoms with Crippen molar-refractivity contribution in [1.29, 1.82) is 10.5 Å². The van der Waals surface area contributed by atoms with E-state index in [2.05, 4.69) is 346 Å². The van der Waals surface area contributed by atoms with Crippen molar-refractivity contribution in [3.63, 3.8) is 0 Å². The highest BCUT2D eigenvalue weighted by molar-refractivity contribution is 6.16. The van der Waals surface area contributed by atoms with Gasteiger partial charge in [0.2, 0.25) is 0 Å². The van der Waals surface area contributed by atoms with Gasteiger partial charge in [-0.3, -0.25) is 0 Å². The number of rotatable bonds is 9. The predicted molar refractivity (Wildman–Crippen MR) is 380 cm³/mol. The molecule has 6 heteroatoms. The lowest BCUT2D eigenvalue weighted by atomic mass is 9.93. The second-order valence-corrected chi connectivity index (χ2v) is 23.8. The molecule has 0 atom stereocenters. The van der Waals surface area contributed by atoms with Crippen LogP contribution in [0.25, 0.3) is 166 Å². The quantitative estimate of drug-likeness (QED) is 0.145. The third-order valence-electron chi connectivity index (χ3n) is 18.8. The van der Waals surface area contributed by atoms with Crippen LogP contribution in [-0.4, -0.2) is 18.3 Å². The highest BCUT2D eigenvalue weighted by atomic mass is 15.0. The van der Waals surface area contributed by atoms with Crippen LogP contribution in [0.2, 0.25) is 0 Å². The topological polar surface area (TPSA) is 67.3 Å². The number of nitrogens with zero attached hydrogens (tertiary/aromatic N) is 6. The number of hydrogen-bond donors (Lipinski definition) is 0. The maximum Gasteiger partial charge on any atom is 0.101 e. The molecule has 0 N–H and O–H groups in total. The largest absolute Gasteiger partial charge is 0.309 e. The molecule has 0 aliphatic heterocycles. The first kappa shape index (κ1) is 52.4. The van der Waals surface area contributed by atoms with E-state index in [-0.39, 0.29) is 0 Å². The summed E-state index contributed by atoms with van der Waals surface area (Å²) in [6, 6.07) is 118. The minimum atomic E-state index is 0.467. The lowest BCUT2D eigenvalue weighted by Gasteiger charge is -2.23. The van der Waals surface area contributed by atoms with Gasteiger partial charge in [-0.05, 0) is 142 Å². The second kappa shape index (κ2) is 21.0.